The van der Waals surface area contributed by atoms with Crippen molar-refractivity contribution in [3.8, 4) is 0 Å². The second-order valence-corrected chi connectivity index (χ2v) is 4.37. The fourth-order valence-electron chi connectivity index (χ4n) is 2.76. The van der Waals surface area contributed by atoms with Gasteiger partial charge in [0.15, 0.2) is 0 Å². The van der Waals surface area contributed by atoms with Crippen molar-refractivity contribution in [2.24, 2.45) is 11.8 Å². The fraction of sp³-hybridized carbons (Fsp3) is 0.909. The van der Waals surface area contributed by atoms with Crippen molar-refractivity contribution in [3.05, 3.63) is 0 Å². The Bertz CT molecular complexity index is 217. The number of hydrogen-bond donors (Lipinski definition) is 1. The van der Waals surface area contributed by atoms with E-state index in [-0.39, 0.29) is 11.9 Å². The van der Waals surface area contributed by atoms with Crippen LogP contribution in [0.1, 0.15) is 32.6 Å². The van der Waals surface area contributed by atoms with Gasteiger partial charge in [0.25, 0.3) is 0 Å². The van der Waals surface area contributed by atoms with E-state index in [0.29, 0.717) is 12.6 Å². The Balaban J connectivity index is 1.87. The third-order valence-corrected chi connectivity index (χ3v) is 3.53. The lowest BCUT2D eigenvalue weighted by Crippen LogP contribution is -2.36. The molecule has 1 saturated heterocycles. The summed E-state index contributed by atoms with van der Waals surface area (Å²) in [6.45, 7) is 3.51. The Morgan fingerprint density at radius 3 is 3.07 bits per heavy atom. The first kappa shape index (κ1) is 9.97. The summed E-state index contributed by atoms with van der Waals surface area (Å²) < 4.78 is 5.06. The molecule has 14 heavy (non-hydrogen) atoms. The smallest absolute Gasteiger partial charge is 0.308 e. The number of fused-ring (bicyclic) bond motifs is 1. The first-order valence-electron chi connectivity index (χ1n) is 5.71. The van der Waals surface area contributed by atoms with Gasteiger partial charge in [0, 0.05) is 6.04 Å². The molecule has 1 saturated carbocycles. The minimum absolute atomic E-state index is 0.0136. The van der Waals surface area contributed by atoms with E-state index in [4.69, 9.17) is 4.74 Å². The van der Waals surface area contributed by atoms with Crippen LogP contribution < -0.4 is 5.32 Å². The lowest BCUT2D eigenvalue weighted by molar-refractivity contribution is -0.149. The standard InChI is InChI=1S/C11H19NO2/c1-2-14-11(13)9-4-3-8-5-6-12-10(8)7-9/h8-10,12H,2-7H2,1H3. The summed E-state index contributed by atoms with van der Waals surface area (Å²) in [7, 11) is 0. The predicted octanol–water partition coefficient (Wildman–Crippen LogP) is 1.33. The van der Waals surface area contributed by atoms with Gasteiger partial charge in [-0.25, -0.2) is 0 Å². The van der Waals surface area contributed by atoms with Gasteiger partial charge in [-0.05, 0) is 45.1 Å². The summed E-state index contributed by atoms with van der Waals surface area (Å²) in [6.07, 6.45) is 4.51. The van der Waals surface area contributed by atoms with Crippen LogP contribution in [0.15, 0.2) is 0 Å². The number of rotatable bonds is 2. The largest absolute Gasteiger partial charge is 0.466 e. The van der Waals surface area contributed by atoms with Gasteiger partial charge in [-0.1, -0.05) is 0 Å². The van der Waals surface area contributed by atoms with Crippen LogP contribution in [0.2, 0.25) is 0 Å². The molecule has 0 amide bonds. The van der Waals surface area contributed by atoms with E-state index in [1.165, 1.54) is 12.8 Å². The molecule has 2 rings (SSSR count). The molecule has 1 aliphatic heterocycles. The molecule has 1 heterocycles. The van der Waals surface area contributed by atoms with Crippen LogP contribution in [0.25, 0.3) is 0 Å². The highest BCUT2D eigenvalue weighted by Crippen LogP contribution is 2.34. The van der Waals surface area contributed by atoms with Crippen LogP contribution in [0.4, 0.5) is 0 Å². The average molecular weight is 197 g/mol. The van der Waals surface area contributed by atoms with Crippen LogP contribution >= 0.6 is 0 Å². The minimum Gasteiger partial charge on any atom is -0.466 e. The molecule has 0 bridgehead atoms. The minimum atomic E-state index is 0.0136. The molecule has 1 aliphatic carbocycles. The van der Waals surface area contributed by atoms with E-state index in [2.05, 4.69) is 5.32 Å². The maximum absolute atomic E-state index is 11.5. The van der Waals surface area contributed by atoms with Crippen LogP contribution in [-0.4, -0.2) is 25.2 Å². The van der Waals surface area contributed by atoms with Crippen molar-refractivity contribution in [1.82, 2.24) is 5.32 Å². The Hall–Kier alpha value is -0.570. The molecule has 3 unspecified atom stereocenters. The molecule has 0 aromatic carbocycles. The maximum atomic E-state index is 11.5. The fourth-order valence-corrected chi connectivity index (χ4v) is 2.76. The molecule has 0 aromatic heterocycles. The Labute approximate surface area is 85.2 Å². The average Bonchev–Trinajstić information content (AvgIpc) is 2.64. The van der Waals surface area contributed by atoms with E-state index >= 15 is 0 Å². The summed E-state index contributed by atoms with van der Waals surface area (Å²) in [4.78, 5) is 11.5. The van der Waals surface area contributed by atoms with Crippen molar-refractivity contribution in [2.45, 2.75) is 38.6 Å². The molecule has 2 aliphatic rings. The van der Waals surface area contributed by atoms with Gasteiger partial charge in [0.1, 0.15) is 0 Å². The highest BCUT2D eigenvalue weighted by molar-refractivity contribution is 5.72. The quantitative estimate of drug-likeness (QED) is 0.679. The molecule has 3 nitrogen and oxygen atoms in total. The zero-order valence-corrected chi connectivity index (χ0v) is 8.79. The maximum Gasteiger partial charge on any atom is 0.308 e. The lowest BCUT2D eigenvalue weighted by Gasteiger charge is -2.30. The SMILES string of the molecule is CCOC(=O)C1CCC2CCNC2C1. The lowest BCUT2D eigenvalue weighted by atomic mass is 9.79. The number of carbonyl (C=O) groups excluding carboxylic acids is 1. The number of carbonyl (C=O) groups is 1. The Morgan fingerprint density at radius 2 is 2.29 bits per heavy atom. The van der Waals surface area contributed by atoms with Crippen LogP contribution in [0.5, 0.6) is 0 Å². The summed E-state index contributed by atoms with van der Waals surface area (Å²) in [5, 5.41) is 3.48. The van der Waals surface area contributed by atoms with Crippen LogP contribution in [0, 0.1) is 11.8 Å². The van der Waals surface area contributed by atoms with Crippen molar-refractivity contribution in [2.75, 3.05) is 13.2 Å². The molecule has 0 aromatic rings. The summed E-state index contributed by atoms with van der Waals surface area (Å²) >= 11 is 0. The van der Waals surface area contributed by atoms with Crippen molar-refractivity contribution in [3.63, 3.8) is 0 Å². The summed E-state index contributed by atoms with van der Waals surface area (Å²) in [5.74, 6) is 0.988. The summed E-state index contributed by atoms with van der Waals surface area (Å²) in [5.41, 5.74) is 0. The third-order valence-electron chi connectivity index (χ3n) is 3.53. The normalized spacial score (nSPS) is 36.5. The van der Waals surface area contributed by atoms with Gasteiger partial charge in [-0.15, -0.1) is 0 Å². The second-order valence-electron chi connectivity index (χ2n) is 4.37. The third kappa shape index (κ3) is 1.92. The molecule has 0 spiro atoms. The van der Waals surface area contributed by atoms with Crippen molar-refractivity contribution in [1.29, 1.82) is 0 Å². The number of esters is 1. The molecule has 80 valence electrons. The monoisotopic (exact) mass is 197 g/mol. The van der Waals surface area contributed by atoms with Crippen molar-refractivity contribution < 1.29 is 9.53 Å². The molecule has 3 heteroatoms. The molecular weight excluding hydrogens is 178 g/mol. The van der Waals surface area contributed by atoms with Crippen LogP contribution in [-0.2, 0) is 9.53 Å². The van der Waals surface area contributed by atoms with Gasteiger partial charge in [0.2, 0.25) is 0 Å². The van der Waals surface area contributed by atoms with Gasteiger partial charge < -0.3 is 10.1 Å². The second kappa shape index (κ2) is 4.30. The highest BCUT2D eigenvalue weighted by Gasteiger charge is 2.36. The molecule has 1 N–H and O–H groups in total. The van der Waals surface area contributed by atoms with Gasteiger partial charge in [-0.2, -0.15) is 0 Å². The zero-order chi connectivity index (χ0) is 9.97. The van der Waals surface area contributed by atoms with E-state index in [1.807, 2.05) is 6.92 Å². The zero-order valence-electron chi connectivity index (χ0n) is 8.79. The van der Waals surface area contributed by atoms with E-state index in [0.717, 1.165) is 25.3 Å². The molecule has 0 radical (unpaired) electrons. The summed E-state index contributed by atoms with van der Waals surface area (Å²) in [6, 6.07) is 0.582. The van der Waals surface area contributed by atoms with Gasteiger partial charge in [0.05, 0.1) is 12.5 Å². The first-order chi connectivity index (χ1) is 6.81. The Morgan fingerprint density at radius 1 is 1.43 bits per heavy atom. The predicted molar refractivity (Wildman–Crippen MR) is 53.9 cm³/mol. The van der Waals surface area contributed by atoms with E-state index < -0.39 is 0 Å². The molecular formula is C11H19NO2. The van der Waals surface area contributed by atoms with Crippen LogP contribution in [0.3, 0.4) is 0 Å². The Kier molecular flexibility index (Phi) is 3.06. The number of nitrogens with one attached hydrogen (secondary N) is 1. The molecule has 2 fully saturated rings. The van der Waals surface area contributed by atoms with E-state index in [1.54, 1.807) is 0 Å². The van der Waals surface area contributed by atoms with E-state index in [9.17, 15) is 4.79 Å². The topological polar surface area (TPSA) is 38.3 Å². The molecule has 3 atom stereocenters. The van der Waals surface area contributed by atoms with Crippen molar-refractivity contribution >= 4 is 5.97 Å². The van der Waals surface area contributed by atoms with Gasteiger partial charge in [-0.3, -0.25) is 4.79 Å². The number of ether oxygens (including phenoxy) is 1. The highest BCUT2D eigenvalue weighted by atomic mass is 16.5. The first-order valence-corrected chi connectivity index (χ1v) is 5.71. The van der Waals surface area contributed by atoms with Gasteiger partial charge >= 0.3 is 5.97 Å². The number of hydrogen-bond acceptors (Lipinski definition) is 3.